The lowest BCUT2D eigenvalue weighted by Gasteiger charge is -2.20. The molecule has 0 saturated carbocycles. The van der Waals surface area contributed by atoms with Gasteiger partial charge >= 0.3 is 0 Å². The first-order chi connectivity index (χ1) is 7.74. The molecule has 0 unspecified atom stereocenters. The van der Waals surface area contributed by atoms with Crippen molar-refractivity contribution in [3.63, 3.8) is 0 Å². The molecule has 4 nitrogen and oxygen atoms in total. The summed E-state index contributed by atoms with van der Waals surface area (Å²) in [5, 5.41) is 10.4. The van der Waals surface area contributed by atoms with E-state index in [9.17, 15) is 0 Å². The van der Waals surface area contributed by atoms with E-state index in [-0.39, 0.29) is 0 Å². The van der Waals surface area contributed by atoms with Crippen LogP contribution in [0.15, 0.2) is 24.4 Å². The Balaban J connectivity index is 2.03. The fourth-order valence-electron chi connectivity index (χ4n) is 2.02. The van der Waals surface area contributed by atoms with Gasteiger partial charge in [-0.15, -0.1) is 0 Å². The van der Waals surface area contributed by atoms with Crippen LogP contribution in [0.5, 0.6) is 0 Å². The minimum atomic E-state index is 0.916. The molecule has 0 atom stereocenters. The summed E-state index contributed by atoms with van der Waals surface area (Å²) in [5.41, 5.74) is 5.96. The molecular weight excluding hydrogens is 200 g/mol. The Bertz CT molecular complexity index is 528. The molecule has 0 radical (unpaired) electrons. The van der Waals surface area contributed by atoms with E-state index in [4.69, 9.17) is 0 Å². The normalized spacial score (nSPS) is 12.6. The zero-order chi connectivity index (χ0) is 11.1. The van der Waals surface area contributed by atoms with E-state index in [0.29, 0.717) is 0 Å². The van der Waals surface area contributed by atoms with E-state index in [1.54, 1.807) is 0 Å². The van der Waals surface area contributed by atoms with Crippen molar-refractivity contribution in [3.8, 4) is 0 Å². The van der Waals surface area contributed by atoms with Gasteiger partial charge in [0.05, 0.1) is 17.6 Å². The third-order valence-corrected chi connectivity index (χ3v) is 2.96. The zero-order valence-corrected chi connectivity index (χ0v) is 9.41. The number of benzene rings is 1. The molecule has 0 bridgehead atoms. The minimum Gasteiger partial charge on any atom is -0.378 e. The lowest BCUT2D eigenvalue weighted by atomic mass is 10.0. The van der Waals surface area contributed by atoms with E-state index in [2.05, 4.69) is 52.7 Å². The summed E-state index contributed by atoms with van der Waals surface area (Å²) < 4.78 is 0. The number of fused-ring (bicyclic) bond motifs is 2. The predicted molar refractivity (Wildman–Crippen MR) is 65.4 cm³/mol. The van der Waals surface area contributed by atoms with Crippen LogP contribution in [0.4, 0.5) is 17.1 Å². The molecule has 0 saturated heterocycles. The van der Waals surface area contributed by atoms with Crippen molar-refractivity contribution >= 4 is 17.1 Å². The Labute approximate surface area is 94.3 Å². The van der Waals surface area contributed by atoms with Crippen LogP contribution in [0.1, 0.15) is 11.3 Å². The van der Waals surface area contributed by atoms with Crippen LogP contribution in [0, 0.1) is 0 Å². The van der Waals surface area contributed by atoms with Crippen molar-refractivity contribution in [2.75, 3.05) is 24.3 Å². The lowest BCUT2D eigenvalue weighted by molar-refractivity contribution is 0.989. The molecule has 2 heterocycles. The molecule has 0 amide bonds. The van der Waals surface area contributed by atoms with Gasteiger partial charge in [0.1, 0.15) is 0 Å². The van der Waals surface area contributed by atoms with Crippen molar-refractivity contribution in [2.24, 2.45) is 0 Å². The second kappa shape index (κ2) is 3.27. The number of hydrogen-bond acceptors (Lipinski definition) is 3. The monoisotopic (exact) mass is 214 g/mol. The molecule has 0 spiro atoms. The Morgan fingerprint density at radius 1 is 1.25 bits per heavy atom. The summed E-state index contributed by atoms with van der Waals surface area (Å²) in [6.45, 7) is 0. The number of rotatable bonds is 1. The highest BCUT2D eigenvalue weighted by Gasteiger charge is 2.16. The number of anilines is 3. The SMILES string of the molecule is CN(C)c1ccc2c(c1)Cc1[nH]ncc1N2. The van der Waals surface area contributed by atoms with Gasteiger partial charge in [0.2, 0.25) is 0 Å². The van der Waals surface area contributed by atoms with Gasteiger partial charge in [0.25, 0.3) is 0 Å². The van der Waals surface area contributed by atoms with Crippen molar-refractivity contribution in [1.29, 1.82) is 0 Å². The fourth-order valence-corrected chi connectivity index (χ4v) is 2.02. The first-order valence-corrected chi connectivity index (χ1v) is 5.33. The van der Waals surface area contributed by atoms with Gasteiger partial charge in [-0.25, -0.2) is 0 Å². The van der Waals surface area contributed by atoms with Crippen molar-refractivity contribution in [3.05, 3.63) is 35.7 Å². The maximum absolute atomic E-state index is 4.05. The molecular formula is C12H14N4. The first kappa shape index (κ1) is 9.27. The zero-order valence-electron chi connectivity index (χ0n) is 9.41. The van der Waals surface area contributed by atoms with Crippen LogP contribution in [-0.2, 0) is 6.42 Å². The third-order valence-electron chi connectivity index (χ3n) is 2.96. The highest BCUT2D eigenvalue weighted by atomic mass is 15.1. The maximum Gasteiger partial charge on any atom is 0.0804 e. The summed E-state index contributed by atoms with van der Waals surface area (Å²) in [7, 11) is 4.11. The quantitative estimate of drug-likeness (QED) is 0.652. The number of hydrogen-bond donors (Lipinski definition) is 2. The molecule has 16 heavy (non-hydrogen) atoms. The smallest absolute Gasteiger partial charge is 0.0804 e. The van der Waals surface area contributed by atoms with Crippen LogP contribution < -0.4 is 10.2 Å². The van der Waals surface area contributed by atoms with Crippen LogP contribution in [0.3, 0.4) is 0 Å². The molecule has 1 aromatic carbocycles. The number of H-pyrrole nitrogens is 1. The summed E-state index contributed by atoms with van der Waals surface area (Å²) in [4.78, 5) is 2.11. The largest absolute Gasteiger partial charge is 0.378 e. The minimum absolute atomic E-state index is 0.916. The van der Waals surface area contributed by atoms with Gasteiger partial charge in [-0.2, -0.15) is 5.10 Å². The van der Waals surface area contributed by atoms with Crippen molar-refractivity contribution in [1.82, 2.24) is 10.2 Å². The molecule has 0 aliphatic carbocycles. The van der Waals surface area contributed by atoms with Gasteiger partial charge in [0, 0.05) is 31.9 Å². The number of aromatic nitrogens is 2. The number of nitrogens with zero attached hydrogens (tertiary/aromatic N) is 2. The highest BCUT2D eigenvalue weighted by Crippen LogP contribution is 2.33. The molecule has 82 valence electrons. The Kier molecular flexibility index (Phi) is 1.89. The molecule has 2 N–H and O–H groups in total. The molecule has 3 rings (SSSR count). The van der Waals surface area contributed by atoms with Gasteiger partial charge in [0.15, 0.2) is 0 Å². The van der Waals surface area contributed by atoms with Gasteiger partial charge in [-0.3, -0.25) is 5.10 Å². The summed E-state index contributed by atoms with van der Waals surface area (Å²) in [6, 6.07) is 6.46. The van der Waals surface area contributed by atoms with Crippen molar-refractivity contribution < 1.29 is 0 Å². The van der Waals surface area contributed by atoms with Crippen LogP contribution in [-0.4, -0.2) is 24.3 Å². The van der Waals surface area contributed by atoms with E-state index in [1.165, 1.54) is 16.9 Å². The summed E-state index contributed by atoms with van der Waals surface area (Å²) in [6.07, 6.45) is 2.75. The molecule has 1 aliphatic heterocycles. The van der Waals surface area contributed by atoms with Crippen LogP contribution >= 0.6 is 0 Å². The van der Waals surface area contributed by atoms with Gasteiger partial charge in [-0.05, 0) is 23.8 Å². The molecule has 4 heteroatoms. The topological polar surface area (TPSA) is 44.0 Å². The molecule has 0 fully saturated rings. The van der Waals surface area contributed by atoms with E-state index in [1.807, 2.05) is 6.20 Å². The maximum atomic E-state index is 4.05. The average molecular weight is 214 g/mol. The third kappa shape index (κ3) is 1.34. The van der Waals surface area contributed by atoms with E-state index in [0.717, 1.165) is 17.8 Å². The standard InChI is InChI=1S/C12H14N4/c1-16(2)9-3-4-10-8(5-9)6-11-12(14-10)7-13-15-11/h3-5,7,14H,6H2,1-2H3,(H,13,15). The fraction of sp³-hybridized carbons (Fsp3) is 0.250. The van der Waals surface area contributed by atoms with E-state index < -0.39 is 0 Å². The van der Waals surface area contributed by atoms with Crippen LogP contribution in [0.2, 0.25) is 0 Å². The Morgan fingerprint density at radius 2 is 2.12 bits per heavy atom. The van der Waals surface area contributed by atoms with Gasteiger partial charge in [-0.1, -0.05) is 0 Å². The highest BCUT2D eigenvalue weighted by molar-refractivity contribution is 5.72. The summed E-state index contributed by atoms with van der Waals surface area (Å²) in [5.74, 6) is 0. The molecule has 1 aromatic heterocycles. The molecule has 2 aromatic rings. The Morgan fingerprint density at radius 3 is 2.94 bits per heavy atom. The van der Waals surface area contributed by atoms with Gasteiger partial charge < -0.3 is 10.2 Å². The summed E-state index contributed by atoms with van der Waals surface area (Å²) >= 11 is 0. The molecule has 1 aliphatic rings. The average Bonchev–Trinajstić information content (AvgIpc) is 2.71. The van der Waals surface area contributed by atoms with Crippen molar-refractivity contribution in [2.45, 2.75) is 6.42 Å². The Hall–Kier alpha value is -1.97. The second-order valence-electron chi connectivity index (χ2n) is 4.30. The number of aromatic amines is 1. The number of nitrogens with one attached hydrogen (secondary N) is 2. The predicted octanol–water partition coefficient (Wildman–Crippen LogP) is 2.12. The van der Waals surface area contributed by atoms with E-state index >= 15 is 0 Å². The first-order valence-electron chi connectivity index (χ1n) is 5.33. The lowest BCUT2D eigenvalue weighted by Crippen LogP contribution is -2.11. The second-order valence-corrected chi connectivity index (χ2v) is 4.30. The van der Waals surface area contributed by atoms with Crippen LogP contribution in [0.25, 0.3) is 0 Å².